The second kappa shape index (κ2) is 12.5. The molecule has 7 aromatic rings. The van der Waals surface area contributed by atoms with Crippen LogP contribution >= 0.6 is 0 Å². The summed E-state index contributed by atoms with van der Waals surface area (Å²) < 4.78 is 8.72. The van der Waals surface area contributed by atoms with Gasteiger partial charge in [0.05, 0.1) is 56.1 Å². The molecule has 2 aliphatic heterocycles. The molecule has 0 fully saturated rings. The number of fused-ring (bicyclic) bond motifs is 8. The van der Waals surface area contributed by atoms with Gasteiger partial charge in [-0.2, -0.15) is 0 Å². The van der Waals surface area contributed by atoms with Crippen LogP contribution < -0.4 is 18.3 Å². The van der Waals surface area contributed by atoms with Crippen LogP contribution in [0.1, 0.15) is 28.5 Å². The van der Waals surface area contributed by atoms with Gasteiger partial charge in [0.2, 0.25) is 22.8 Å². The summed E-state index contributed by atoms with van der Waals surface area (Å²) in [6.07, 6.45) is 14.7. The lowest BCUT2D eigenvalue weighted by Crippen LogP contribution is -2.33. The van der Waals surface area contributed by atoms with E-state index in [9.17, 15) is 0 Å². The van der Waals surface area contributed by atoms with Gasteiger partial charge in [0, 0.05) is 59.6 Å². The van der Waals surface area contributed by atoms with E-state index in [4.69, 9.17) is 9.97 Å². The predicted octanol–water partition coefficient (Wildman–Crippen LogP) is 6.37. The van der Waals surface area contributed by atoms with Crippen molar-refractivity contribution in [2.24, 2.45) is 28.2 Å². The standard InChI is InChI=1S/C44H36N8/c1-49-21-9-5-13-36(49)34-27-33-26-31-18-17-29(45-31)25-30-19-20-32(46-30)28-35-40(37-14-6-10-22-50(37)2)41(38-15-7-11-23-51(38)3)44(48-35)42(43(34)47-33)39-16-8-12-24-52(39)4/h5-28H,1-4H3/q+2/p+2. The first-order valence-corrected chi connectivity index (χ1v) is 17.4. The molecular weight excluding hydrogens is 641 g/mol. The number of H-pyrrole nitrogens is 2. The minimum Gasteiger partial charge on any atom is -0.355 e. The largest absolute Gasteiger partial charge is 0.355 e. The van der Waals surface area contributed by atoms with Gasteiger partial charge in [-0.3, -0.25) is 0 Å². The molecule has 0 amide bonds. The third-order valence-corrected chi connectivity index (χ3v) is 9.88. The van der Waals surface area contributed by atoms with Crippen LogP contribution in [0.4, 0.5) is 0 Å². The Bertz CT molecular complexity index is 2800. The highest BCUT2D eigenvalue weighted by atomic mass is 15.0. The van der Waals surface area contributed by atoms with E-state index in [2.05, 4.69) is 203 Å². The zero-order valence-corrected chi connectivity index (χ0v) is 29.5. The molecule has 0 aromatic carbocycles. The number of rotatable bonds is 4. The van der Waals surface area contributed by atoms with E-state index in [1.165, 1.54) is 0 Å². The topological polar surface area (TPSA) is 72.9 Å². The third-order valence-electron chi connectivity index (χ3n) is 9.88. The normalized spacial score (nSPS) is 12.3. The summed E-state index contributed by atoms with van der Waals surface area (Å²) in [4.78, 5) is 18.1. The summed E-state index contributed by atoms with van der Waals surface area (Å²) in [6, 6.07) is 35.9. The maximum absolute atomic E-state index is 5.51. The van der Waals surface area contributed by atoms with Crippen molar-refractivity contribution in [2.75, 3.05) is 0 Å². The van der Waals surface area contributed by atoms with E-state index in [-0.39, 0.29) is 0 Å². The Morgan fingerprint density at radius 3 is 1.54 bits per heavy atom. The van der Waals surface area contributed by atoms with Crippen molar-refractivity contribution in [1.82, 2.24) is 19.9 Å². The Balaban J connectivity index is 1.58. The second-order valence-electron chi connectivity index (χ2n) is 13.4. The van der Waals surface area contributed by atoms with Crippen molar-refractivity contribution in [3.05, 3.63) is 156 Å². The van der Waals surface area contributed by atoms with Crippen LogP contribution in [0.2, 0.25) is 0 Å². The molecule has 250 valence electrons. The summed E-state index contributed by atoms with van der Waals surface area (Å²) >= 11 is 0. The molecule has 7 aromatic heterocycles. The number of aromatic nitrogens is 8. The van der Waals surface area contributed by atoms with Gasteiger partial charge >= 0.3 is 0 Å². The van der Waals surface area contributed by atoms with Gasteiger partial charge in [0.1, 0.15) is 28.2 Å². The molecular formula is C44H38N8+4. The SMILES string of the molecule is C[n+]1ccccc1C1=Cc2cc3ccc(cc4nc(cc5[nH]c(c(-c6cccc[n+]6C)c1n2)c(-c1cccc[n+]1C)c5-c1cccc[n+]1C)C=C4)[nH]3. The quantitative estimate of drug-likeness (QED) is 0.213. The van der Waals surface area contributed by atoms with E-state index in [1.807, 2.05) is 0 Å². The molecule has 8 nitrogen and oxygen atoms in total. The fourth-order valence-electron chi connectivity index (χ4n) is 7.37. The Hall–Kier alpha value is -6.80. The number of aromatic amines is 2. The zero-order valence-electron chi connectivity index (χ0n) is 29.5. The molecule has 0 saturated carbocycles. The minimum atomic E-state index is 0.860. The number of hydrogen-bond donors (Lipinski definition) is 2. The Kier molecular flexibility index (Phi) is 7.51. The zero-order chi connectivity index (χ0) is 35.3. The van der Waals surface area contributed by atoms with Crippen LogP contribution in [0, 0.1) is 0 Å². The smallest absolute Gasteiger partial charge is 0.216 e. The number of nitrogens with zero attached hydrogens (tertiary/aromatic N) is 6. The molecule has 0 radical (unpaired) electrons. The van der Waals surface area contributed by atoms with Gasteiger partial charge in [-0.05, 0) is 72.8 Å². The molecule has 8 heteroatoms. The number of hydrogen-bond acceptors (Lipinski definition) is 2. The van der Waals surface area contributed by atoms with Crippen molar-refractivity contribution in [2.45, 2.75) is 0 Å². The van der Waals surface area contributed by atoms with Crippen molar-refractivity contribution < 1.29 is 18.3 Å². The highest BCUT2D eigenvalue weighted by molar-refractivity contribution is 6.08. The average molecular weight is 679 g/mol. The van der Waals surface area contributed by atoms with Crippen LogP contribution in [0.15, 0.2) is 128 Å². The number of aryl methyl sites for hydroxylation is 4. The first kappa shape index (κ1) is 31.2. The summed E-state index contributed by atoms with van der Waals surface area (Å²) in [7, 11) is 8.40. The average Bonchev–Trinajstić information content (AvgIpc) is 3.95. The van der Waals surface area contributed by atoms with Crippen LogP contribution in [0.3, 0.4) is 0 Å². The van der Waals surface area contributed by atoms with Crippen molar-refractivity contribution in [3.8, 4) is 33.8 Å². The lowest BCUT2D eigenvalue weighted by Gasteiger charge is -2.09. The molecule has 0 atom stereocenters. The third kappa shape index (κ3) is 5.41. The molecule has 0 unspecified atom stereocenters. The van der Waals surface area contributed by atoms with Crippen molar-refractivity contribution >= 4 is 45.9 Å². The lowest BCUT2D eigenvalue weighted by molar-refractivity contribution is -0.673. The maximum atomic E-state index is 5.51. The first-order valence-electron chi connectivity index (χ1n) is 17.4. The molecule has 9 heterocycles. The molecule has 52 heavy (non-hydrogen) atoms. The number of pyridine rings is 4. The highest BCUT2D eigenvalue weighted by Gasteiger charge is 2.33. The highest BCUT2D eigenvalue weighted by Crippen LogP contribution is 2.43. The van der Waals surface area contributed by atoms with E-state index < -0.39 is 0 Å². The summed E-state index contributed by atoms with van der Waals surface area (Å²) in [6.45, 7) is 0. The van der Waals surface area contributed by atoms with E-state index >= 15 is 0 Å². The molecule has 0 saturated heterocycles. The summed E-state index contributed by atoms with van der Waals surface area (Å²) in [5.74, 6) is 0. The Morgan fingerprint density at radius 1 is 0.462 bits per heavy atom. The second-order valence-corrected chi connectivity index (χ2v) is 13.4. The molecule has 2 N–H and O–H groups in total. The van der Waals surface area contributed by atoms with Gasteiger partial charge in [-0.15, -0.1) is 0 Å². The van der Waals surface area contributed by atoms with Crippen molar-refractivity contribution in [1.29, 1.82) is 0 Å². The summed E-state index contributed by atoms with van der Waals surface area (Å²) in [5, 5.41) is 0. The van der Waals surface area contributed by atoms with Gasteiger partial charge in [-0.25, -0.2) is 28.2 Å². The molecule has 8 bridgehead atoms. The first-order chi connectivity index (χ1) is 25.4. The molecule has 0 aliphatic carbocycles. The van der Waals surface area contributed by atoms with Gasteiger partial charge in [0.15, 0.2) is 24.8 Å². The fraction of sp³-hybridized carbons (Fsp3) is 0.0909. The molecule has 0 spiro atoms. The monoisotopic (exact) mass is 678 g/mol. The van der Waals surface area contributed by atoms with Crippen LogP contribution in [-0.2, 0) is 28.2 Å². The molecule has 9 rings (SSSR count). The van der Waals surface area contributed by atoms with Crippen molar-refractivity contribution in [3.63, 3.8) is 0 Å². The molecule has 2 aliphatic rings. The van der Waals surface area contributed by atoms with Crippen LogP contribution in [0.25, 0.3) is 79.6 Å². The van der Waals surface area contributed by atoms with E-state index in [0.717, 1.165) is 89.9 Å². The lowest BCUT2D eigenvalue weighted by atomic mass is 9.95. The van der Waals surface area contributed by atoms with Crippen LogP contribution in [0.5, 0.6) is 0 Å². The predicted molar refractivity (Wildman–Crippen MR) is 204 cm³/mol. The van der Waals surface area contributed by atoms with Gasteiger partial charge in [-0.1, -0.05) is 0 Å². The van der Waals surface area contributed by atoms with E-state index in [0.29, 0.717) is 0 Å². The summed E-state index contributed by atoms with van der Waals surface area (Å²) in [5.41, 5.74) is 15.7. The minimum absolute atomic E-state index is 0.860. The van der Waals surface area contributed by atoms with E-state index in [1.54, 1.807) is 0 Å². The Morgan fingerprint density at radius 2 is 0.962 bits per heavy atom. The maximum Gasteiger partial charge on any atom is 0.216 e. The Labute approximate surface area is 301 Å². The fourth-order valence-corrected chi connectivity index (χ4v) is 7.37. The van der Waals surface area contributed by atoms with Gasteiger partial charge < -0.3 is 9.97 Å². The van der Waals surface area contributed by atoms with Gasteiger partial charge in [0.25, 0.3) is 0 Å². The van der Waals surface area contributed by atoms with Crippen LogP contribution in [-0.4, -0.2) is 19.9 Å². The number of nitrogens with one attached hydrogen (secondary N) is 2.